The zero-order chi connectivity index (χ0) is 20.6. The SMILES string of the molecule is CN=C(NCc1cccc(CN2CCC(C)CC2)c1)NC(C)CCS(C)(=O)=O.I. The fourth-order valence-electron chi connectivity index (χ4n) is 3.39. The molecule has 0 spiro atoms. The zero-order valence-electron chi connectivity index (χ0n) is 18.1. The van der Waals surface area contributed by atoms with Gasteiger partial charge in [-0.1, -0.05) is 31.2 Å². The number of sulfone groups is 1. The normalized spacial score (nSPS) is 17.4. The molecule has 1 heterocycles. The van der Waals surface area contributed by atoms with Crippen molar-refractivity contribution in [1.82, 2.24) is 15.5 Å². The Morgan fingerprint density at radius 2 is 1.93 bits per heavy atom. The maximum atomic E-state index is 11.3. The second-order valence-corrected chi connectivity index (χ2v) is 10.4. The molecule has 1 fully saturated rings. The highest BCUT2D eigenvalue weighted by atomic mass is 127. The van der Waals surface area contributed by atoms with E-state index < -0.39 is 9.84 Å². The molecular formula is C21H37IN4O2S. The Labute approximate surface area is 193 Å². The Morgan fingerprint density at radius 1 is 1.28 bits per heavy atom. The van der Waals surface area contributed by atoms with Gasteiger partial charge >= 0.3 is 0 Å². The van der Waals surface area contributed by atoms with Crippen LogP contribution in [0.5, 0.6) is 0 Å². The minimum atomic E-state index is -2.94. The molecule has 0 aliphatic carbocycles. The fourth-order valence-corrected chi connectivity index (χ4v) is 4.17. The lowest BCUT2D eigenvalue weighted by Crippen LogP contribution is -2.42. The van der Waals surface area contributed by atoms with Gasteiger partial charge in [-0.25, -0.2) is 8.42 Å². The van der Waals surface area contributed by atoms with E-state index >= 15 is 0 Å². The van der Waals surface area contributed by atoms with E-state index in [0.717, 1.165) is 12.5 Å². The summed E-state index contributed by atoms with van der Waals surface area (Å²) in [5.41, 5.74) is 2.56. The Morgan fingerprint density at radius 3 is 2.55 bits per heavy atom. The minimum absolute atomic E-state index is 0. The van der Waals surface area contributed by atoms with Gasteiger partial charge in [0.2, 0.25) is 0 Å². The molecule has 1 aromatic rings. The monoisotopic (exact) mass is 536 g/mol. The van der Waals surface area contributed by atoms with Crippen LogP contribution >= 0.6 is 24.0 Å². The number of likely N-dealkylation sites (tertiary alicyclic amines) is 1. The zero-order valence-corrected chi connectivity index (χ0v) is 21.3. The molecule has 6 nitrogen and oxygen atoms in total. The summed E-state index contributed by atoms with van der Waals surface area (Å²) < 4.78 is 22.6. The molecule has 2 N–H and O–H groups in total. The number of guanidine groups is 1. The summed E-state index contributed by atoms with van der Waals surface area (Å²) >= 11 is 0. The highest BCUT2D eigenvalue weighted by Gasteiger charge is 2.15. The van der Waals surface area contributed by atoms with Crippen LogP contribution in [-0.4, -0.2) is 57.5 Å². The molecule has 0 saturated carbocycles. The number of piperidine rings is 1. The molecule has 1 atom stereocenters. The highest BCUT2D eigenvalue weighted by molar-refractivity contribution is 14.0. The number of nitrogens with one attached hydrogen (secondary N) is 2. The minimum Gasteiger partial charge on any atom is -0.354 e. The standard InChI is InChI=1S/C21H36N4O2S.HI/c1-17-8-11-25(12-9-17)16-20-7-5-6-19(14-20)15-23-21(22-3)24-18(2)10-13-28(4,26)27;/h5-7,14,17-18H,8-13,15-16H2,1-4H3,(H2,22,23,24);1H. The maximum Gasteiger partial charge on any atom is 0.191 e. The lowest BCUT2D eigenvalue weighted by atomic mass is 9.98. The topological polar surface area (TPSA) is 73.8 Å². The summed E-state index contributed by atoms with van der Waals surface area (Å²) in [5.74, 6) is 1.72. The first-order valence-corrected chi connectivity index (χ1v) is 12.3. The van der Waals surface area contributed by atoms with Gasteiger partial charge in [-0.05, 0) is 56.3 Å². The van der Waals surface area contributed by atoms with Crippen LogP contribution in [0.25, 0.3) is 0 Å². The quantitative estimate of drug-likeness (QED) is 0.304. The van der Waals surface area contributed by atoms with Crippen molar-refractivity contribution in [2.45, 2.75) is 52.2 Å². The molecule has 0 aromatic heterocycles. The second-order valence-electron chi connectivity index (χ2n) is 8.17. The lowest BCUT2D eigenvalue weighted by Gasteiger charge is -2.30. The summed E-state index contributed by atoms with van der Waals surface area (Å²) in [6, 6.07) is 8.72. The van der Waals surface area contributed by atoms with Crippen molar-refractivity contribution in [3.8, 4) is 0 Å². The van der Waals surface area contributed by atoms with E-state index in [1.54, 1.807) is 7.05 Å². The third-order valence-corrected chi connectivity index (χ3v) is 6.24. The van der Waals surface area contributed by atoms with Crippen LogP contribution < -0.4 is 10.6 Å². The summed E-state index contributed by atoms with van der Waals surface area (Å²) in [6.07, 6.45) is 4.41. The van der Waals surface area contributed by atoms with Crippen LogP contribution in [0.3, 0.4) is 0 Å². The van der Waals surface area contributed by atoms with E-state index in [1.165, 1.54) is 43.3 Å². The number of hydrogen-bond donors (Lipinski definition) is 2. The van der Waals surface area contributed by atoms with E-state index in [2.05, 4.69) is 51.7 Å². The van der Waals surface area contributed by atoms with Crippen molar-refractivity contribution in [3.63, 3.8) is 0 Å². The molecule has 1 saturated heterocycles. The summed E-state index contributed by atoms with van der Waals surface area (Å²) in [6.45, 7) is 8.38. The Bertz CT molecular complexity index is 747. The molecule has 1 aromatic carbocycles. The average Bonchev–Trinajstić information content (AvgIpc) is 2.65. The van der Waals surface area contributed by atoms with Gasteiger partial charge in [-0.15, -0.1) is 24.0 Å². The maximum absolute atomic E-state index is 11.3. The Kier molecular flexibility index (Phi) is 11.5. The predicted octanol–water partition coefficient (Wildman–Crippen LogP) is 3.02. The average molecular weight is 537 g/mol. The molecule has 1 unspecified atom stereocenters. The molecule has 0 bridgehead atoms. The Hall–Kier alpha value is -0.870. The number of halogens is 1. The summed E-state index contributed by atoms with van der Waals surface area (Å²) in [5, 5.41) is 6.59. The summed E-state index contributed by atoms with van der Waals surface area (Å²) in [7, 11) is -1.21. The molecule has 1 aliphatic heterocycles. The van der Waals surface area contributed by atoms with E-state index in [1.807, 2.05) is 6.92 Å². The van der Waals surface area contributed by atoms with E-state index in [0.29, 0.717) is 18.9 Å². The molecular weight excluding hydrogens is 499 g/mol. The molecule has 1 aliphatic rings. The van der Waals surface area contributed by atoms with Crippen molar-refractivity contribution < 1.29 is 8.42 Å². The van der Waals surface area contributed by atoms with E-state index in [-0.39, 0.29) is 35.8 Å². The van der Waals surface area contributed by atoms with E-state index in [4.69, 9.17) is 0 Å². The molecule has 0 amide bonds. The van der Waals surface area contributed by atoms with Crippen LogP contribution in [0.2, 0.25) is 0 Å². The third-order valence-electron chi connectivity index (χ3n) is 5.26. The van der Waals surface area contributed by atoms with Crippen molar-refractivity contribution >= 4 is 39.8 Å². The molecule has 166 valence electrons. The van der Waals surface area contributed by atoms with Crippen LogP contribution in [0.15, 0.2) is 29.3 Å². The van der Waals surface area contributed by atoms with E-state index in [9.17, 15) is 8.42 Å². The first kappa shape index (κ1) is 26.2. The first-order valence-electron chi connectivity index (χ1n) is 10.2. The van der Waals surface area contributed by atoms with Crippen LogP contribution in [0, 0.1) is 5.92 Å². The van der Waals surface area contributed by atoms with Gasteiger partial charge in [-0.2, -0.15) is 0 Å². The predicted molar refractivity (Wildman–Crippen MR) is 133 cm³/mol. The second kappa shape index (κ2) is 12.7. The smallest absolute Gasteiger partial charge is 0.191 e. The fraction of sp³-hybridized carbons (Fsp3) is 0.667. The van der Waals surface area contributed by atoms with Crippen molar-refractivity contribution in [2.24, 2.45) is 10.9 Å². The summed E-state index contributed by atoms with van der Waals surface area (Å²) in [4.78, 5) is 6.79. The molecule has 2 rings (SSSR count). The van der Waals surface area contributed by atoms with Gasteiger partial charge in [0.1, 0.15) is 9.84 Å². The van der Waals surface area contributed by atoms with Crippen molar-refractivity contribution in [2.75, 3.05) is 32.1 Å². The Balaban J connectivity index is 0.00000420. The number of nitrogens with zero attached hydrogens (tertiary/aromatic N) is 2. The molecule has 8 heteroatoms. The van der Waals surface area contributed by atoms with Crippen LogP contribution in [0.1, 0.15) is 44.2 Å². The van der Waals surface area contributed by atoms with Gasteiger partial charge < -0.3 is 10.6 Å². The first-order chi connectivity index (χ1) is 13.2. The number of aliphatic imine (C=N–C) groups is 1. The number of rotatable bonds is 8. The van der Waals surface area contributed by atoms with Crippen molar-refractivity contribution in [3.05, 3.63) is 35.4 Å². The lowest BCUT2D eigenvalue weighted by molar-refractivity contribution is 0.185. The van der Waals surface area contributed by atoms with Gasteiger partial charge in [0.15, 0.2) is 5.96 Å². The number of benzene rings is 1. The van der Waals surface area contributed by atoms with Gasteiger partial charge in [-0.3, -0.25) is 9.89 Å². The highest BCUT2D eigenvalue weighted by Crippen LogP contribution is 2.18. The van der Waals surface area contributed by atoms with Crippen LogP contribution in [0.4, 0.5) is 0 Å². The van der Waals surface area contributed by atoms with Gasteiger partial charge in [0.25, 0.3) is 0 Å². The largest absolute Gasteiger partial charge is 0.354 e. The van der Waals surface area contributed by atoms with Gasteiger partial charge in [0, 0.05) is 32.4 Å². The van der Waals surface area contributed by atoms with Gasteiger partial charge in [0.05, 0.1) is 5.75 Å². The molecule has 29 heavy (non-hydrogen) atoms. The third kappa shape index (κ3) is 10.6. The molecule has 0 radical (unpaired) electrons. The number of hydrogen-bond acceptors (Lipinski definition) is 4. The van der Waals surface area contributed by atoms with Crippen LogP contribution in [-0.2, 0) is 22.9 Å². The van der Waals surface area contributed by atoms with Crippen molar-refractivity contribution in [1.29, 1.82) is 0 Å².